The summed E-state index contributed by atoms with van der Waals surface area (Å²) < 4.78 is 13.5. The predicted molar refractivity (Wildman–Crippen MR) is 65.8 cm³/mol. The lowest BCUT2D eigenvalue weighted by Gasteiger charge is -2.04. The van der Waals surface area contributed by atoms with E-state index < -0.39 is 0 Å². The summed E-state index contributed by atoms with van der Waals surface area (Å²) in [5.41, 5.74) is 6.11. The topological polar surface area (TPSA) is 71.8 Å². The van der Waals surface area contributed by atoms with Crippen LogP contribution in [0.1, 0.15) is 5.56 Å². The summed E-state index contributed by atoms with van der Waals surface area (Å²) >= 11 is 3.22. The molecule has 0 atom stereocenters. The zero-order valence-electron chi connectivity index (χ0n) is 8.71. The van der Waals surface area contributed by atoms with Gasteiger partial charge in [-0.25, -0.2) is 9.37 Å². The van der Waals surface area contributed by atoms with E-state index in [-0.39, 0.29) is 17.9 Å². The zero-order chi connectivity index (χ0) is 12.4. The molecule has 0 unspecified atom stereocenters. The van der Waals surface area contributed by atoms with E-state index in [9.17, 15) is 9.18 Å². The highest BCUT2D eigenvalue weighted by Gasteiger charge is 2.08. The first kappa shape index (κ1) is 11.9. The van der Waals surface area contributed by atoms with Gasteiger partial charge in [-0.15, -0.1) is 0 Å². The lowest BCUT2D eigenvalue weighted by molar-refractivity contribution is 0.627. The van der Waals surface area contributed by atoms with Crippen LogP contribution in [0.5, 0.6) is 0 Å². The summed E-state index contributed by atoms with van der Waals surface area (Å²) in [6, 6.07) is 4.16. The smallest absolute Gasteiger partial charge is 0.255 e. The van der Waals surface area contributed by atoms with E-state index in [0.717, 1.165) is 0 Å². The molecule has 17 heavy (non-hydrogen) atoms. The maximum absolute atomic E-state index is 12.9. The third kappa shape index (κ3) is 2.42. The second-order valence-electron chi connectivity index (χ2n) is 3.41. The molecule has 3 N–H and O–H groups in total. The summed E-state index contributed by atoms with van der Waals surface area (Å²) in [7, 11) is 0. The van der Waals surface area contributed by atoms with E-state index in [1.807, 2.05) is 0 Å². The van der Waals surface area contributed by atoms with Gasteiger partial charge in [-0.3, -0.25) is 4.79 Å². The SMILES string of the molecule is NCc1cnc(-c2ccc(F)cc2Br)[nH]c1=O. The lowest BCUT2D eigenvalue weighted by Crippen LogP contribution is -2.17. The summed E-state index contributed by atoms with van der Waals surface area (Å²) in [4.78, 5) is 18.2. The van der Waals surface area contributed by atoms with E-state index in [2.05, 4.69) is 25.9 Å². The molecule has 2 aromatic rings. The Labute approximate surface area is 105 Å². The second-order valence-corrected chi connectivity index (χ2v) is 4.27. The van der Waals surface area contributed by atoms with E-state index >= 15 is 0 Å². The molecule has 1 heterocycles. The second kappa shape index (κ2) is 4.77. The lowest BCUT2D eigenvalue weighted by atomic mass is 10.2. The van der Waals surface area contributed by atoms with Crippen LogP contribution >= 0.6 is 15.9 Å². The number of aromatic amines is 1. The molecule has 0 aliphatic rings. The average Bonchev–Trinajstić information content (AvgIpc) is 2.29. The Morgan fingerprint density at radius 2 is 2.24 bits per heavy atom. The van der Waals surface area contributed by atoms with Gasteiger partial charge in [0.1, 0.15) is 11.6 Å². The van der Waals surface area contributed by atoms with Gasteiger partial charge in [0.05, 0.1) is 0 Å². The minimum atomic E-state index is -0.360. The fourth-order valence-corrected chi connectivity index (χ4v) is 1.92. The summed E-state index contributed by atoms with van der Waals surface area (Å²) in [6.45, 7) is 0.132. The number of nitrogens with zero attached hydrogens (tertiary/aromatic N) is 1. The molecular weight excluding hydrogens is 289 g/mol. The number of hydrogen-bond donors (Lipinski definition) is 2. The van der Waals surface area contributed by atoms with Crippen molar-refractivity contribution in [2.45, 2.75) is 6.54 Å². The van der Waals surface area contributed by atoms with Crippen LogP contribution in [-0.2, 0) is 6.54 Å². The van der Waals surface area contributed by atoms with Gasteiger partial charge in [-0.1, -0.05) is 0 Å². The van der Waals surface area contributed by atoms with Crippen LogP contribution in [0.3, 0.4) is 0 Å². The molecule has 0 saturated carbocycles. The van der Waals surface area contributed by atoms with Crippen LogP contribution in [0.2, 0.25) is 0 Å². The fraction of sp³-hybridized carbons (Fsp3) is 0.0909. The minimum absolute atomic E-state index is 0.132. The maximum atomic E-state index is 12.9. The first-order valence-electron chi connectivity index (χ1n) is 4.85. The molecule has 0 spiro atoms. The number of hydrogen-bond acceptors (Lipinski definition) is 3. The van der Waals surface area contributed by atoms with Gasteiger partial charge in [0.15, 0.2) is 0 Å². The zero-order valence-corrected chi connectivity index (χ0v) is 10.3. The van der Waals surface area contributed by atoms with Gasteiger partial charge in [-0.2, -0.15) is 0 Å². The van der Waals surface area contributed by atoms with Crippen molar-refractivity contribution in [2.75, 3.05) is 0 Å². The first-order valence-corrected chi connectivity index (χ1v) is 5.65. The Hall–Kier alpha value is -1.53. The molecule has 0 fully saturated rings. The van der Waals surface area contributed by atoms with Gasteiger partial charge < -0.3 is 10.7 Å². The molecule has 0 amide bonds. The quantitative estimate of drug-likeness (QED) is 0.888. The van der Waals surface area contributed by atoms with E-state index in [1.165, 1.54) is 18.3 Å². The van der Waals surface area contributed by atoms with Gasteiger partial charge in [0.2, 0.25) is 0 Å². The average molecular weight is 298 g/mol. The van der Waals surface area contributed by atoms with E-state index in [1.54, 1.807) is 6.07 Å². The van der Waals surface area contributed by atoms with Crippen molar-refractivity contribution in [3.63, 3.8) is 0 Å². The number of nitrogens with two attached hydrogens (primary N) is 1. The largest absolute Gasteiger partial charge is 0.326 e. The van der Waals surface area contributed by atoms with Gasteiger partial charge in [0, 0.05) is 28.3 Å². The molecule has 0 saturated heterocycles. The van der Waals surface area contributed by atoms with Crippen LogP contribution in [-0.4, -0.2) is 9.97 Å². The Bertz CT molecular complexity index is 612. The number of aromatic nitrogens is 2. The summed E-state index contributed by atoms with van der Waals surface area (Å²) in [6.07, 6.45) is 1.42. The number of rotatable bonds is 2. The van der Waals surface area contributed by atoms with Gasteiger partial charge >= 0.3 is 0 Å². The Balaban J connectivity index is 2.54. The van der Waals surface area contributed by atoms with Crippen LogP contribution in [0, 0.1) is 5.82 Å². The van der Waals surface area contributed by atoms with Crippen molar-refractivity contribution in [3.05, 3.63) is 50.6 Å². The number of halogens is 2. The van der Waals surface area contributed by atoms with Gasteiger partial charge in [0.25, 0.3) is 5.56 Å². The molecule has 88 valence electrons. The van der Waals surface area contributed by atoms with Crippen molar-refractivity contribution in [1.29, 1.82) is 0 Å². The number of benzene rings is 1. The third-order valence-electron chi connectivity index (χ3n) is 2.28. The molecule has 1 aromatic carbocycles. The van der Waals surface area contributed by atoms with Crippen molar-refractivity contribution in [2.24, 2.45) is 5.73 Å². The van der Waals surface area contributed by atoms with Crippen molar-refractivity contribution in [3.8, 4) is 11.4 Å². The van der Waals surface area contributed by atoms with Crippen LogP contribution in [0.25, 0.3) is 11.4 Å². The maximum Gasteiger partial charge on any atom is 0.255 e. The van der Waals surface area contributed by atoms with Gasteiger partial charge in [-0.05, 0) is 34.1 Å². The number of nitrogens with one attached hydrogen (secondary N) is 1. The first-order chi connectivity index (χ1) is 8.11. The summed E-state index contributed by atoms with van der Waals surface area (Å²) in [5, 5.41) is 0. The van der Waals surface area contributed by atoms with Crippen molar-refractivity contribution in [1.82, 2.24) is 9.97 Å². The van der Waals surface area contributed by atoms with E-state index in [0.29, 0.717) is 21.4 Å². The summed E-state index contributed by atoms with van der Waals surface area (Å²) in [5.74, 6) is 0.0145. The van der Waals surface area contributed by atoms with E-state index in [4.69, 9.17) is 5.73 Å². The highest BCUT2D eigenvalue weighted by Crippen LogP contribution is 2.25. The fourth-order valence-electron chi connectivity index (χ4n) is 1.38. The molecule has 6 heteroatoms. The molecule has 1 aromatic heterocycles. The predicted octanol–water partition coefficient (Wildman–Crippen LogP) is 1.80. The van der Waals surface area contributed by atoms with Crippen molar-refractivity contribution < 1.29 is 4.39 Å². The van der Waals surface area contributed by atoms with Crippen LogP contribution in [0.15, 0.2) is 33.7 Å². The van der Waals surface area contributed by atoms with Crippen LogP contribution < -0.4 is 11.3 Å². The molecule has 0 bridgehead atoms. The standard InChI is InChI=1S/C11H9BrFN3O/c12-9-3-7(13)1-2-8(9)10-15-5-6(4-14)11(17)16-10/h1-3,5H,4,14H2,(H,15,16,17). The third-order valence-corrected chi connectivity index (χ3v) is 2.94. The normalized spacial score (nSPS) is 10.5. The molecule has 0 aliphatic heterocycles. The molecule has 0 aliphatic carbocycles. The monoisotopic (exact) mass is 297 g/mol. The molecular formula is C11H9BrFN3O. The van der Waals surface area contributed by atoms with Crippen molar-refractivity contribution >= 4 is 15.9 Å². The Morgan fingerprint density at radius 1 is 1.47 bits per heavy atom. The number of H-pyrrole nitrogens is 1. The molecule has 0 radical (unpaired) electrons. The highest BCUT2D eigenvalue weighted by molar-refractivity contribution is 9.10. The Kier molecular flexibility index (Phi) is 3.35. The highest BCUT2D eigenvalue weighted by atomic mass is 79.9. The minimum Gasteiger partial charge on any atom is -0.326 e. The van der Waals surface area contributed by atoms with Crippen LogP contribution in [0.4, 0.5) is 4.39 Å². The molecule has 4 nitrogen and oxygen atoms in total. The Morgan fingerprint density at radius 3 is 2.82 bits per heavy atom. The molecule has 2 rings (SSSR count).